The molecule has 1 spiro atoms. The Morgan fingerprint density at radius 1 is 1.41 bits per heavy atom. The summed E-state index contributed by atoms with van der Waals surface area (Å²) in [6, 6.07) is 0. The molecule has 0 aromatic heterocycles. The van der Waals surface area contributed by atoms with Gasteiger partial charge in [-0.25, -0.2) is 4.79 Å². The average Bonchev–Trinajstić information content (AvgIpc) is 3.21. The van der Waals surface area contributed by atoms with Crippen molar-refractivity contribution < 1.29 is 19.1 Å². The van der Waals surface area contributed by atoms with Crippen LogP contribution in [0.3, 0.4) is 0 Å². The van der Waals surface area contributed by atoms with Crippen molar-refractivity contribution in [3.05, 3.63) is 0 Å². The van der Waals surface area contributed by atoms with E-state index in [1.165, 1.54) is 12.8 Å². The van der Waals surface area contributed by atoms with Gasteiger partial charge in [-0.3, -0.25) is 4.99 Å². The molecule has 2 fully saturated rings. The molecule has 3 aliphatic rings. The molecule has 2 saturated carbocycles. The first kappa shape index (κ1) is 20.2. The highest BCUT2D eigenvalue weighted by molar-refractivity contribution is 5.83. The van der Waals surface area contributed by atoms with Crippen LogP contribution >= 0.6 is 0 Å². The van der Waals surface area contributed by atoms with Crippen LogP contribution in [0.1, 0.15) is 59.8 Å². The molecule has 0 N–H and O–H groups in total. The summed E-state index contributed by atoms with van der Waals surface area (Å²) in [6.45, 7) is 9.04. The smallest absolute Gasteiger partial charge is 0.410 e. The molecule has 152 valence electrons. The van der Waals surface area contributed by atoms with Crippen molar-refractivity contribution in [2.24, 2.45) is 28.2 Å². The Hall–Kier alpha value is -1.59. The van der Waals surface area contributed by atoms with E-state index in [0.717, 1.165) is 25.0 Å². The van der Waals surface area contributed by atoms with Crippen LogP contribution in [-0.4, -0.2) is 55.0 Å². The van der Waals surface area contributed by atoms with Gasteiger partial charge in [0.25, 0.3) is 0 Å². The number of carbonyl (C=O) groups is 2. The van der Waals surface area contributed by atoms with Crippen molar-refractivity contribution in [3.63, 3.8) is 0 Å². The molecule has 6 nitrogen and oxygen atoms in total. The second kappa shape index (κ2) is 7.44. The summed E-state index contributed by atoms with van der Waals surface area (Å²) in [7, 11) is 1.74. The molecule has 4 atom stereocenters. The lowest BCUT2D eigenvalue weighted by Crippen LogP contribution is -2.38. The highest BCUT2D eigenvalue weighted by atomic mass is 16.6. The maximum absolute atomic E-state index is 12.1. The fraction of sp³-hybridized carbons (Fsp3) is 0.857. The van der Waals surface area contributed by atoms with E-state index >= 15 is 0 Å². The number of hydrogen-bond donors (Lipinski definition) is 0. The van der Waals surface area contributed by atoms with Crippen molar-refractivity contribution in [1.29, 1.82) is 0 Å². The van der Waals surface area contributed by atoms with E-state index in [4.69, 9.17) is 9.47 Å². The summed E-state index contributed by atoms with van der Waals surface area (Å²) >= 11 is 0. The Balaban J connectivity index is 1.49. The van der Waals surface area contributed by atoms with E-state index in [-0.39, 0.29) is 24.0 Å². The van der Waals surface area contributed by atoms with Gasteiger partial charge in [0.05, 0.1) is 6.54 Å². The minimum absolute atomic E-state index is 0.0214. The molecule has 1 amide bonds. The lowest BCUT2D eigenvalue weighted by atomic mass is 9.67. The van der Waals surface area contributed by atoms with Gasteiger partial charge in [0.15, 0.2) is 5.90 Å². The Labute approximate surface area is 162 Å². The monoisotopic (exact) mass is 378 g/mol. The number of aldehydes is 1. The third kappa shape index (κ3) is 4.64. The predicted molar refractivity (Wildman–Crippen MR) is 104 cm³/mol. The normalized spacial score (nSPS) is 31.8. The van der Waals surface area contributed by atoms with Crippen LogP contribution in [0.25, 0.3) is 0 Å². The minimum Gasteiger partial charge on any atom is -0.475 e. The largest absolute Gasteiger partial charge is 0.475 e. The topological polar surface area (TPSA) is 68.2 Å². The zero-order valence-corrected chi connectivity index (χ0v) is 17.4. The van der Waals surface area contributed by atoms with Crippen molar-refractivity contribution in [2.45, 2.75) is 71.5 Å². The molecule has 0 aromatic carbocycles. The maximum Gasteiger partial charge on any atom is 0.410 e. The van der Waals surface area contributed by atoms with Gasteiger partial charge in [0, 0.05) is 31.8 Å². The van der Waals surface area contributed by atoms with Crippen LogP contribution in [0.5, 0.6) is 0 Å². The predicted octanol–water partition coefficient (Wildman–Crippen LogP) is 3.68. The van der Waals surface area contributed by atoms with Gasteiger partial charge in [-0.05, 0) is 57.8 Å². The minimum atomic E-state index is -0.494. The van der Waals surface area contributed by atoms with Gasteiger partial charge in [0.1, 0.15) is 18.0 Å². The summed E-state index contributed by atoms with van der Waals surface area (Å²) in [6.07, 6.45) is 5.99. The molecule has 0 radical (unpaired) electrons. The molecule has 6 heteroatoms. The van der Waals surface area contributed by atoms with E-state index in [1.807, 2.05) is 20.8 Å². The van der Waals surface area contributed by atoms with Gasteiger partial charge in [-0.15, -0.1) is 0 Å². The number of ether oxygens (including phenoxy) is 2. The molecular weight excluding hydrogens is 344 g/mol. The molecule has 0 aromatic rings. The van der Waals surface area contributed by atoms with Crippen molar-refractivity contribution >= 4 is 18.3 Å². The Morgan fingerprint density at radius 2 is 2.11 bits per heavy atom. The number of aliphatic imine (C=N–C) groups is 1. The van der Waals surface area contributed by atoms with Gasteiger partial charge in [-0.1, -0.05) is 6.92 Å². The lowest BCUT2D eigenvalue weighted by molar-refractivity contribution is -0.114. The Bertz CT molecular complexity index is 606. The summed E-state index contributed by atoms with van der Waals surface area (Å²) in [5.41, 5.74) is -0.0721. The highest BCUT2D eigenvalue weighted by Crippen LogP contribution is 2.61. The van der Waals surface area contributed by atoms with E-state index in [2.05, 4.69) is 11.9 Å². The summed E-state index contributed by atoms with van der Waals surface area (Å²) in [4.78, 5) is 29.9. The first-order valence-corrected chi connectivity index (χ1v) is 10.2. The fourth-order valence-corrected chi connectivity index (χ4v) is 4.45. The van der Waals surface area contributed by atoms with Gasteiger partial charge < -0.3 is 19.2 Å². The SMILES string of the molecule is C[C@H]1CC(C=O)[C@H](C2=NCC(CCN(C)C(=O)OC(C)(C)C)O2)CC12CC2. The van der Waals surface area contributed by atoms with Crippen LogP contribution in [0.2, 0.25) is 0 Å². The Kier molecular flexibility index (Phi) is 5.55. The standard InChI is InChI=1S/C21H34N2O4/c1-14-10-15(13-24)17(11-21(14)7-8-21)18-22-12-16(26-18)6-9-23(5)19(25)27-20(2,3)4/h13-17H,6-12H2,1-5H3/t14-,15?,16?,17+/m0/s1. The second-order valence-corrected chi connectivity index (χ2v) is 9.72. The van der Waals surface area contributed by atoms with Gasteiger partial charge in [-0.2, -0.15) is 0 Å². The fourth-order valence-electron chi connectivity index (χ4n) is 4.45. The molecule has 0 saturated heterocycles. The molecule has 2 aliphatic carbocycles. The van der Waals surface area contributed by atoms with Gasteiger partial charge in [0.2, 0.25) is 0 Å². The molecule has 1 heterocycles. The third-order valence-corrected chi connectivity index (χ3v) is 6.43. The quantitative estimate of drug-likeness (QED) is 0.684. The first-order chi connectivity index (χ1) is 12.6. The Morgan fingerprint density at radius 3 is 2.70 bits per heavy atom. The number of carbonyl (C=O) groups excluding carboxylic acids is 2. The van der Waals surface area contributed by atoms with E-state index < -0.39 is 5.60 Å². The van der Waals surface area contributed by atoms with Crippen LogP contribution in [0.15, 0.2) is 4.99 Å². The van der Waals surface area contributed by atoms with Crippen molar-refractivity contribution in [3.8, 4) is 0 Å². The van der Waals surface area contributed by atoms with E-state index in [9.17, 15) is 9.59 Å². The highest BCUT2D eigenvalue weighted by Gasteiger charge is 2.54. The molecular formula is C21H34N2O4. The zero-order chi connectivity index (χ0) is 19.8. The van der Waals surface area contributed by atoms with Crippen LogP contribution in [-0.2, 0) is 14.3 Å². The molecule has 27 heavy (non-hydrogen) atoms. The van der Waals surface area contributed by atoms with Crippen LogP contribution < -0.4 is 0 Å². The maximum atomic E-state index is 12.1. The average molecular weight is 379 g/mol. The van der Waals surface area contributed by atoms with Crippen LogP contribution in [0.4, 0.5) is 4.79 Å². The number of hydrogen-bond acceptors (Lipinski definition) is 5. The summed E-state index contributed by atoms with van der Waals surface area (Å²) in [5, 5.41) is 0. The van der Waals surface area contributed by atoms with Crippen molar-refractivity contribution in [1.82, 2.24) is 4.90 Å². The number of rotatable bonds is 5. The van der Waals surface area contributed by atoms with Crippen molar-refractivity contribution in [2.75, 3.05) is 20.1 Å². The van der Waals surface area contributed by atoms with Crippen LogP contribution in [0, 0.1) is 23.2 Å². The third-order valence-electron chi connectivity index (χ3n) is 6.43. The zero-order valence-electron chi connectivity index (χ0n) is 17.4. The molecule has 0 bridgehead atoms. The number of nitrogens with zero attached hydrogens (tertiary/aromatic N) is 2. The lowest BCUT2D eigenvalue weighted by Gasteiger charge is -2.38. The van der Waals surface area contributed by atoms with Gasteiger partial charge >= 0.3 is 6.09 Å². The summed E-state index contributed by atoms with van der Waals surface area (Å²) < 4.78 is 11.5. The summed E-state index contributed by atoms with van der Waals surface area (Å²) in [5.74, 6) is 1.54. The first-order valence-electron chi connectivity index (χ1n) is 10.2. The molecule has 2 unspecified atom stereocenters. The second-order valence-electron chi connectivity index (χ2n) is 9.72. The molecule has 1 aliphatic heterocycles. The van der Waals surface area contributed by atoms with E-state index in [0.29, 0.717) is 30.8 Å². The molecule has 3 rings (SSSR count). The number of amides is 1. The van der Waals surface area contributed by atoms with E-state index in [1.54, 1.807) is 11.9 Å².